The Kier molecular flexibility index (Phi) is 3.78. The van der Waals surface area contributed by atoms with Crippen LogP contribution in [-0.4, -0.2) is 15.0 Å². The van der Waals surface area contributed by atoms with E-state index in [0.29, 0.717) is 11.2 Å². The number of rotatable bonds is 3. The largest absolute Gasteiger partial charge is 0.309 e. The number of benzene rings is 2. The predicted octanol–water partition coefficient (Wildman–Crippen LogP) is 4.32. The third-order valence-electron chi connectivity index (χ3n) is 3.93. The zero-order chi connectivity index (χ0) is 16.5. The number of aromatic amines is 1. The number of hydrogen-bond acceptors (Lipinski definition) is 4. The van der Waals surface area contributed by atoms with Gasteiger partial charge in [0.25, 0.3) is 5.56 Å². The molecule has 0 unspecified atom stereocenters. The van der Waals surface area contributed by atoms with Gasteiger partial charge in [-0.25, -0.2) is 4.98 Å². The molecule has 0 saturated heterocycles. The zero-order valence-electron chi connectivity index (χ0n) is 13.1. The van der Waals surface area contributed by atoms with Gasteiger partial charge in [-0.1, -0.05) is 30.3 Å². The maximum Gasteiger partial charge on any atom is 0.258 e. The van der Waals surface area contributed by atoms with Gasteiger partial charge in [0, 0.05) is 16.5 Å². The van der Waals surface area contributed by atoms with Crippen molar-refractivity contribution in [1.29, 1.82) is 0 Å². The zero-order valence-corrected chi connectivity index (χ0v) is 13.9. The molecule has 4 aromatic rings. The highest BCUT2D eigenvalue weighted by atomic mass is 32.2. The van der Waals surface area contributed by atoms with Gasteiger partial charge in [-0.05, 0) is 31.2 Å². The molecule has 2 heterocycles. The Hall–Kier alpha value is -2.66. The molecule has 4 nitrogen and oxygen atoms in total. The number of H-pyrrole nitrogens is 1. The Morgan fingerprint density at radius 3 is 2.50 bits per heavy atom. The molecule has 4 rings (SSSR count). The standard InChI is InChI=1S/C19H15N3OS/c1-12(18-21-16-9-5-3-7-14(16)19(23)22-18)24-17-10-11-20-15-8-4-2-6-13(15)17/h2-12H,1H3,(H,21,22,23)/t12-/m1/s1. The van der Waals surface area contributed by atoms with Gasteiger partial charge in [0.05, 0.1) is 21.7 Å². The minimum atomic E-state index is -0.0948. The lowest BCUT2D eigenvalue weighted by molar-refractivity contribution is 0.923. The molecule has 1 N–H and O–H groups in total. The van der Waals surface area contributed by atoms with Crippen LogP contribution in [0, 0.1) is 0 Å². The third kappa shape index (κ3) is 2.67. The van der Waals surface area contributed by atoms with Crippen molar-refractivity contribution in [3.8, 4) is 0 Å². The lowest BCUT2D eigenvalue weighted by atomic mass is 10.2. The van der Waals surface area contributed by atoms with Crippen LogP contribution in [0.15, 0.2) is 70.5 Å². The Morgan fingerprint density at radius 2 is 1.67 bits per heavy atom. The Morgan fingerprint density at radius 1 is 0.958 bits per heavy atom. The average Bonchev–Trinajstić information content (AvgIpc) is 2.62. The number of hydrogen-bond donors (Lipinski definition) is 1. The molecule has 0 amide bonds. The van der Waals surface area contributed by atoms with Crippen LogP contribution in [0.1, 0.15) is 18.0 Å². The van der Waals surface area contributed by atoms with E-state index in [4.69, 9.17) is 0 Å². The predicted molar refractivity (Wildman–Crippen MR) is 98.4 cm³/mol. The van der Waals surface area contributed by atoms with Crippen LogP contribution in [0.2, 0.25) is 0 Å². The van der Waals surface area contributed by atoms with E-state index >= 15 is 0 Å². The van der Waals surface area contributed by atoms with Crippen LogP contribution in [0.25, 0.3) is 21.8 Å². The summed E-state index contributed by atoms with van der Waals surface area (Å²) in [5.41, 5.74) is 1.60. The fraction of sp³-hybridized carbons (Fsp3) is 0.105. The lowest BCUT2D eigenvalue weighted by Crippen LogP contribution is -2.12. The van der Waals surface area contributed by atoms with E-state index in [0.717, 1.165) is 21.3 Å². The maximum absolute atomic E-state index is 12.3. The van der Waals surface area contributed by atoms with E-state index in [1.54, 1.807) is 17.8 Å². The molecule has 5 heteroatoms. The summed E-state index contributed by atoms with van der Waals surface area (Å²) in [6.07, 6.45) is 1.81. The lowest BCUT2D eigenvalue weighted by Gasteiger charge is -2.12. The maximum atomic E-state index is 12.3. The first-order chi connectivity index (χ1) is 11.7. The normalized spacial score (nSPS) is 12.5. The Bertz CT molecular complexity index is 1090. The number of pyridine rings is 1. The number of nitrogens with one attached hydrogen (secondary N) is 1. The quantitative estimate of drug-likeness (QED) is 0.567. The van der Waals surface area contributed by atoms with Gasteiger partial charge >= 0.3 is 0 Å². The van der Waals surface area contributed by atoms with E-state index in [1.807, 2.05) is 55.6 Å². The molecule has 2 aromatic carbocycles. The summed E-state index contributed by atoms with van der Waals surface area (Å²) in [6.45, 7) is 2.05. The highest BCUT2D eigenvalue weighted by Crippen LogP contribution is 2.36. The molecular weight excluding hydrogens is 318 g/mol. The smallest absolute Gasteiger partial charge is 0.258 e. The van der Waals surface area contributed by atoms with Gasteiger partial charge in [0.15, 0.2) is 0 Å². The summed E-state index contributed by atoms with van der Waals surface area (Å²) in [6, 6.07) is 17.5. The second-order valence-corrected chi connectivity index (χ2v) is 6.94. The van der Waals surface area contributed by atoms with E-state index < -0.39 is 0 Å². The number of thioether (sulfide) groups is 1. The van der Waals surface area contributed by atoms with Gasteiger partial charge in [0.2, 0.25) is 0 Å². The van der Waals surface area contributed by atoms with Crippen LogP contribution in [0.4, 0.5) is 0 Å². The van der Waals surface area contributed by atoms with Crippen LogP contribution in [0.3, 0.4) is 0 Å². The average molecular weight is 333 g/mol. The summed E-state index contributed by atoms with van der Waals surface area (Å²) in [5, 5.41) is 1.75. The highest BCUT2D eigenvalue weighted by Gasteiger charge is 2.14. The Labute approximate surface area is 143 Å². The van der Waals surface area contributed by atoms with Crippen LogP contribution >= 0.6 is 11.8 Å². The van der Waals surface area contributed by atoms with E-state index in [2.05, 4.69) is 21.0 Å². The minimum Gasteiger partial charge on any atom is -0.309 e. The first-order valence-electron chi connectivity index (χ1n) is 7.72. The molecule has 0 aliphatic heterocycles. The van der Waals surface area contributed by atoms with Crippen molar-refractivity contribution in [3.63, 3.8) is 0 Å². The number of aromatic nitrogens is 3. The number of fused-ring (bicyclic) bond motifs is 2. The summed E-state index contributed by atoms with van der Waals surface area (Å²) >= 11 is 1.67. The molecule has 0 spiro atoms. The summed E-state index contributed by atoms with van der Waals surface area (Å²) in [7, 11) is 0. The van der Waals surface area contributed by atoms with Crippen LogP contribution in [0.5, 0.6) is 0 Å². The van der Waals surface area contributed by atoms with E-state index in [-0.39, 0.29) is 10.8 Å². The molecule has 0 fully saturated rings. The molecule has 0 aliphatic rings. The van der Waals surface area contributed by atoms with Crippen molar-refractivity contribution >= 4 is 33.6 Å². The number of nitrogens with zero attached hydrogens (tertiary/aromatic N) is 2. The Balaban J connectivity index is 1.74. The molecule has 0 saturated carbocycles. The van der Waals surface area contributed by atoms with Crippen LogP contribution < -0.4 is 5.56 Å². The van der Waals surface area contributed by atoms with Gasteiger partial charge in [-0.15, -0.1) is 11.8 Å². The van der Waals surface area contributed by atoms with Gasteiger partial charge in [-0.3, -0.25) is 9.78 Å². The first-order valence-corrected chi connectivity index (χ1v) is 8.60. The van der Waals surface area contributed by atoms with Crippen molar-refractivity contribution in [1.82, 2.24) is 15.0 Å². The summed E-state index contributed by atoms with van der Waals surface area (Å²) in [4.78, 5) is 25.3. The SMILES string of the molecule is C[C@@H](Sc1ccnc2ccccc12)c1nc2ccccc2c(=O)[nH]1. The minimum absolute atomic E-state index is 0.0214. The second-order valence-electron chi connectivity index (χ2n) is 5.55. The van der Waals surface area contributed by atoms with Gasteiger partial charge < -0.3 is 4.98 Å². The van der Waals surface area contributed by atoms with Crippen molar-refractivity contribution in [3.05, 3.63) is 77.0 Å². The van der Waals surface area contributed by atoms with Gasteiger partial charge in [0.1, 0.15) is 5.82 Å². The molecule has 1 atom stereocenters. The molecule has 0 radical (unpaired) electrons. The van der Waals surface area contributed by atoms with Crippen molar-refractivity contribution < 1.29 is 0 Å². The fourth-order valence-electron chi connectivity index (χ4n) is 2.72. The molecule has 2 aromatic heterocycles. The monoisotopic (exact) mass is 333 g/mol. The van der Waals surface area contributed by atoms with Crippen molar-refractivity contribution in [2.75, 3.05) is 0 Å². The van der Waals surface area contributed by atoms with E-state index in [1.165, 1.54) is 0 Å². The number of para-hydroxylation sites is 2. The van der Waals surface area contributed by atoms with Gasteiger partial charge in [-0.2, -0.15) is 0 Å². The van der Waals surface area contributed by atoms with Crippen LogP contribution in [-0.2, 0) is 0 Å². The topological polar surface area (TPSA) is 58.6 Å². The highest BCUT2D eigenvalue weighted by molar-refractivity contribution is 7.99. The van der Waals surface area contributed by atoms with E-state index in [9.17, 15) is 4.79 Å². The molecule has 24 heavy (non-hydrogen) atoms. The second kappa shape index (κ2) is 6.09. The first kappa shape index (κ1) is 14.9. The molecule has 118 valence electrons. The molecular formula is C19H15N3OS. The fourth-order valence-corrected chi connectivity index (χ4v) is 3.76. The molecule has 0 aliphatic carbocycles. The third-order valence-corrected chi connectivity index (χ3v) is 5.12. The van der Waals surface area contributed by atoms with Crippen molar-refractivity contribution in [2.24, 2.45) is 0 Å². The summed E-state index contributed by atoms with van der Waals surface area (Å²) < 4.78 is 0. The van der Waals surface area contributed by atoms with Crippen molar-refractivity contribution in [2.45, 2.75) is 17.1 Å². The molecule has 0 bridgehead atoms. The summed E-state index contributed by atoms with van der Waals surface area (Å²) in [5.74, 6) is 0.685.